The molecule has 0 aromatic carbocycles. The number of nitrogens with one attached hydrogen (secondary N) is 1. The molecule has 9 nitrogen and oxygen atoms in total. The highest BCUT2D eigenvalue weighted by Crippen LogP contribution is 2.39. The fraction of sp³-hybridized carbons (Fsp3) is 0.667. The van der Waals surface area contributed by atoms with E-state index >= 15 is 0 Å². The summed E-state index contributed by atoms with van der Waals surface area (Å²) in [4.78, 5) is 47.8. The summed E-state index contributed by atoms with van der Waals surface area (Å²) in [6.45, 7) is 6.29. The molecular formula is C24H34N6O3S. The Morgan fingerprint density at radius 3 is 2.56 bits per heavy atom. The summed E-state index contributed by atoms with van der Waals surface area (Å²) in [5, 5.41) is 13.0. The highest BCUT2D eigenvalue weighted by atomic mass is 32.2. The summed E-state index contributed by atoms with van der Waals surface area (Å²) in [5.74, 6) is 0.484. The zero-order valence-corrected chi connectivity index (χ0v) is 21.3. The average Bonchev–Trinajstić information content (AvgIpc) is 3.67. The van der Waals surface area contributed by atoms with Crippen LogP contribution in [0.25, 0.3) is 11.0 Å². The number of rotatable bonds is 12. The van der Waals surface area contributed by atoms with E-state index in [-0.39, 0.29) is 23.0 Å². The molecule has 1 aliphatic carbocycles. The topological polar surface area (TPSA) is 123 Å². The number of carbonyl (C=O) groups is 1. The number of fused-ring (bicyclic) bond motifs is 1. The third kappa shape index (κ3) is 5.69. The van der Waals surface area contributed by atoms with Gasteiger partial charge < -0.3 is 5.32 Å². The molecule has 1 unspecified atom stereocenters. The van der Waals surface area contributed by atoms with Crippen molar-refractivity contribution in [2.45, 2.75) is 89.2 Å². The maximum absolute atomic E-state index is 13.1. The maximum atomic E-state index is 13.1. The lowest BCUT2D eigenvalue weighted by Crippen LogP contribution is -2.47. The Balaban J connectivity index is 1.97. The SMILES string of the molecule is CCCCCCc1nc(SCC(=O)NC(C)(C#N)C2CC2)c2c(=O)n(C)c(=O)n(CCC)c2n1. The minimum Gasteiger partial charge on any atom is -0.337 e. The normalized spacial score (nSPS) is 15.1. The van der Waals surface area contributed by atoms with Crippen LogP contribution in [-0.4, -0.2) is 36.3 Å². The number of hydrogen-bond donors (Lipinski definition) is 1. The average molecular weight is 487 g/mol. The Morgan fingerprint density at radius 2 is 1.94 bits per heavy atom. The van der Waals surface area contributed by atoms with Gasteiger partial charge in [0, 0.05) is 20.0 Å². The number of aryl methyl sites for hydroxylation is 2. The minimum atomic E-state index is -0.881. The van der Waals surface area contributed by atoms with Gasteiger partial charge in [-0.15, -0.1) is 0 Å². The predicted molar refractivity (Wildman–Crippen MR) is 133 cm³/mol. The molecule has 2 aromatic rings. The van der Waals surface area contributed by atoms with Gasteiger partial charge in [0.1, 0.15) is 21.8 Å². The summed E-state index contributed by atoms with van der Waals surface area (Å²) < 4.78 is 2.60. The number of nitriles is 1. The largest absolute Gasteiger partial charge is 0.337 e. The molecule has 0 spiro atoms. The molecule has 2 heterocycles. The first-order valence-corrected chi connectivity index (χ1v) is 13.1. The second-order valence-corrected chi connectivity index (χ2v) is 10.1. The number of amides is 1. The second kappa shape index (κ2) is 11.2. The minimum absolute atomic E-state index is 0.0153. The second-order valence-electron chi connectivity index (χ2n) is 9.18. The van der Waals surface area contributed by atoms with Gasteiger partial charge in [0.25, 0.3) is 5.56 Å². The molecule has 0 radical (unpaired) electrons. The third-order valence-electron chi connectivity index (χ3n) is 6.26. The number of aromatic nitrogens is 4. The highest BCUT2D eigenvalue weighted by molar-refractivity contribution is 8.00. The Hall–Kier alpha value is -2.67. The van der Waals surface area contributed by atoms with Gasteiger partial charge in [-0.2, -0.15) is 5.26 Å². The van der Waals surface area contributed by atoms with Crippen LogP contribution in [0.15, 0.2) is 14.6 Å². The summed E-state index contributed by atoms with van der Waals surface area (Å²) in [7, 11) is 1.45. The van der Waals surface area contributed by atoms with Crippen molar-refractivity contribution in [3.05, 3.63) is 26.7 Å². The van der Waals surface area contributed by atoms with Crippen LogP contribution in [-0.2, 0) is 24.8 Å². The van der Waals surface area contributed by atoms with E-state index in [1.165, 1.54) is 11.6 Å². The lowest BCUT2D eigenvalue weighted by molar-refractivity contribution is -0.119. The molecule has 1 atom stereocenters. The first-order valence-electron chi connectivity index (χ1n) is 12.1. The molecule has 34 heavy (non-hydrogen) atoms. The Bertz CT molecular complexity index is 1210. The summed E-state index contributed by atoms with van der Waals surface area (Å²) in [5.41, 5.74) is -1.42. The molecule has 3 rings (SSSR count). The van der Waals surface area contributed by atoms with Crippen molar-refractivity contribution < 1.29 is 4.79 Å². The van der Waals surface area contributed by atoms with Crippen LogP contribution in [0.3, 0.4) is 0 Å². The van der Waals surface area contributed by atoms with Gasteiger partial charge >= 0.3 is 5.69 Å². The molecular weight excluding hydrogens is 452 g/mol. The molecule has 0 saturated heterocycles. The Kier molecular flexibility index (Phi) is 8.52. The van der Waals surface area contributed by atoms with Crippen LogP contribution >= 0.6 is 11.8 Å². The van der Waals surface area contributed by atoms with E-state index in [0.29, 0.717) is 35.9 Å². The van der Waals surface area contributed by atoms with Crippen molar-refractivity contribution in [2.24, 2.45) is 13.0 Å². The van der Waals surface area contributed by atoms with Crippen LogP contribution in [0.4, 0.5) is 0 Å². The first-order chi connectivity index (χ1) is 16.3. The molecule has 0 bridgehead atoms. The summed E-state index contributed by atoms with van der Waals surface area (Å²) in [6.07, 6.45) is 7.41. The molecule has 1 N–H and O–H groups in total. The van der Waals surface area contributed by atoms with E-state index in [1.807, 2.05) is 6.92 Å². The van der Waals surface area contributed by atoms with E-state index in [0.717, 1.165) is 54.9 Å². The van der Waals surface area contributed by atoms with Gasteiger partial charge in [-0.05, 0) is 38.5 Å². The van der Waals surface area contributed by atoms with Crippen molar-refractivity contribution in [1.82, 2.24) is 24.4 Å². The maximum Gasteiger partial charge on any atom is 0.332 e. The number of nitrogens with zero attached hydrogens (tertiary/aromatic N) is 5. The molecule has 0 aliphatic heterocycles. The number of unbranched alkanes of at least 4 members (excludes halogenated alkanes) is 3. The zero-order chi connectivity index (χ0) is 24.9. The fourth-order valence-corrected chi connectivity index (χ4v) is 4.91. The van der Waals surface area contributed by atoms with Crippen molar-refractivity contribution in [2.75, 3.05) is 5.75 Å². The molecule has 1 saturated carbocycles. The first kappa shape index (κ1) is 25.9. The number of thioether (sulfide) groups is 1. The van der Waals surface area contributed by atoms with Gasteiger partial charge in [0.05, 0.1) is 11.8 Å². The Morgan fingerprint density at radius 1 is 1.21 bits per heavy atom. The van der Waals surface area contributed by atoms with Gasteiger partial charge in [-0.1, -0.05) is 44.9 Å². The van der Waals surface area contributed by atoms with Gasteiger partial charge in [-0.25, -0.2) is 14.8 Å². The predicted octanol–water partition coefficient (Wildman–Crippen LogP) is 2.92. The molecule has 2 aromatic heterocycles. The van der Waals surface area contributed by atoms with Gasteiger partial charge in [0.2, 0.25) is 5.91 Å². The van der Waals surface area contributed by atoms with Crippen LogP contribution in [0.5, 0.6) is 0 Å². The van der Waals surface area contributed by atoms with Gasteiger partial charge in [-0.3, -0.25) is 18.7 Å². The molecule has 10 heteroatoms. The van der Waals surface area contributed by atoms with E-state index in [2.05, 4.69) is 28.3 Å². The van der Waals surface area contributed by atoms with Gasteiger partial charge in [0.15, 0.2) is 5.65 Å². The van der Waals surface area contributed by atoms with Crippen LogP contribution < -0.4 is 16.6 Å². The van der Waals surface area contributed by atoms with Crippen molar-refractivity contribution in [1.29, 1.82) is 5.26 Å². The molecule has 1 fully saturated rings. The van der Waals surface area contributed by atoms with Crippen LogP contribution in [0.2, 0.25) is 0 Å². The van der Waals surface area contributed by atoms with Crippen LogP contribution in [0, 0.1) is 17.2 Å². The molecule has 1 aliphatic rings. The smallest absolute Gasteiger partial charge is 0.332 e. The van der Waals surface area contributed by atoms with Crippen molar-refractivity contribution in [3.63, 3.8) is 0 Å². The van der Waals surface area contributed by atoms with E-state index in [9.17, 15) is 19.6 Å². The monoisotopic (exact) mass is 486 g/mol. The standard InChI is InChI=1S/C24H34N6O3S/c1-5-7-8-9-10-17-26-20-19(22(32)29(4)23(33)30(20)13-6-2)21(27-17)34-14-18(31)28-24(3,15-25)16-11-12-16/h16H,5-14H2,1-4H3,(H,28,31). The Labute approximate surface area is 204 Å². The number of hydrogen-bond acceptors (Lipinski definition) is 7. The zero-order valence-electron chi connectivity index (χ0n) is 20.5. The van der Waals surface area contributed by atoms with E-state index in [4.69, 9.17) is 0 Å². The molecule has 184 valence electrons. The van der Waals surface area contributed by atoms with Crippen molar-refractivity contribution in [3.8, 4) is 6.07 Å². The highest BCUT2D eigenvalue weighted by Gasteiger charge is 2.43. The molecule has 1 amide bonds. The summed E-state index contributed by atoms with van der Waals surface area (Å²) >= 11 is 1.15. The summed E-state index contributed by atoms with van der Waals surface area (Å²) in [6, 6.07) is 2.23. The number of carbonyl (C=O) groups excluding carboxylic acids is 1. The van der Waals surface area contributed by atoms with E-state index < -0.39 is 16.8 Å². The fourth-order valence-electron chi connectivity index (χ4n) is 4.07. The van der Waals surface area contributed by atoms with Crippen LogP contribution in [0.1, 0.15) is 71.5 Å². The lowest BCUT2D eigenvalue weighted by Gasteiger charge is -2.22. The van der Waals surface area contributed by atoms with Crippen molar-refractivity contribution >= 4 is 28.7 Å². The van der Waals surface area contributed by atoms with E-state index in [1.54, 1.807) is 6.92 Å². The third-order valence-corrected chi connectivity index (χ3v) is 7.24. The lowest BCUT2D eigenvalue weighted by atomic mass is 9.98. The quantitative estimate of drug-likeness (QED) is 0.278.